The lowest BCUT2D eigenvalue weighted by molar-refractivity contribution is -0.141. The predicted molar refractivity (Wildman–Crippen MR) is 159 cm³/mol. The van der Waals surface area contributed by atoms with Gasteiger partial charge in [0.05, 0.1) is 6.04 Å². The zero-order valence-electron chi connectivity index (χ0n) is 24.7. The number of amides is 4. The highest BCUT2D eigenvalue weighted by atomic mass is 16.2. The van der Waals surface area contributed by atoms with Gasteiger partial charge in [-0.2, -0.15) is 0 Å². The van der Waals surface area contributed by atoms with Gasteiger partial charge >= 0.3 is 0 Å². The second-order valence-electron chi connectivity index (χ2n) is 11.9. The average molecular weight is 575 g/mol. The minimum atomic E-state index is -1.03. The van der Waals surface area contributed by atoms with E-state index in [1.165, 1.54) is 6.92 Å². The molecule has 9 heteroatoms. The maximum Gasteiger partial charge on any atom is 0.289 e. The molecule has 4 N–H and O–H groups in total. The fourth-order valence-electron chi connectivity index (χ4n) is 5.87. The molecule has 224 valence electrons. The fourth-order valence-corrected chi connectivity index (χ4v) is 5.87. The summed E-state index contributed by atoms with van der Waals surface area (Å²) in [4.78, 5) is 65.6. The molecule has 9 nitrogen and oxygen atoms in total. The zero-order valence-corrected chi connectivity index (χ0v) is 24.7. The molecule has 3 atom stereocenters. The minimum absolute atomic E-state index is 0.0262. The lowest BCUT2D eigenvalue weighted by Gasteiger charge is -2.27. The van der Waals surface area contributed by atoms with Crippen LogP contribution in [0.1, 0.15) is 74.4 Å². The van der Waals surface area contributed by atoms with Crippen LogP contribution in [-0.4, -0.2) is 53.6 Å². The van der Waals surface area contributed by atoms with Gasteiger partial charge in [-0.25, -0.2) is 0 Å². The van der Waals surface area contributed by atoms with Crippen molar-refractivity contribution in [1.82, 2.24) is 21.3 Å². The summed E-state index contributed by atoms with van der Waals surface area (Å²) in [6.45, 7) is 5.04. The van der Waals surface area contributed by atoms with Gasteiger partial charge in [0.25, 0.3) is 11.8 Å². The number of ketones is 1. The third-order valence-electron chi connectivity index (χ3n) is 8.32. The molecule has 0 heterocycles. The summed E-state index contributed by atoms with van der Waals surface area (Å²) in [5.41, 5.74) is 2.69. The van der Waals surface area contributed by atoms with Crippen LogP contribution in [-0.2, 0) is 32.0 Å². The highest BCUT2D eigenvalue weighted by molar-refractivity contribution is 6.38. The Labute approximate surface area is 247 Å². The van der Waals surface area contributed by atoms with Gasteiger partial charge < -0.3 is 21.3 Å². The van der Waals surface area contributed by atoms with Crippen molar-refractivity contribution in [2.24, 2.45) is 11.8 Å². The topological polar surface area (TPSA) is 133 Å². The molecule has 1 saturated carbocycles. The second-order valence-corrected chi connectivity index (χ2v) is 11.9. The first-order valence-corrected chi connectivity index (χ1v) is 15.0. The number of hydrogen-bond donors (Lipinski definition) is 4. The SMILES string of the molecule is CC(NC(=O)C(NC(=O)c1ccccc1)C1Cc2ccccc2C1)C(=O)NC(C(=O)C(=O)NC1CCCCC1)C(C)C. The van der Waals surface area contributed by atoms with Crippen molar-refractivity contribution < 1.29 is 24.0 Å². The summed E-state index contributed by atoms with van der Waals surface area (Å²) in [5.74, 6) is -3.36. The Morgan fingerprint density at radius 1 is 0.714 bits per heavy atom. The van der Waals surface area contributed by atoms with Crippen molar-refractivity contribution in [3.63, 3.8) is 0 Å². The standard InChI is InChI=1S/C33H42N4O5/c1-20(2)27(29(38)33(42)35-26-16-8-5-9-17-26)36-30(39)21(3)34-32(41)28(37-31(40)22-12-6-4-7-13-22)25-18-23-14-10-11-15-24(23)19-25/h4,6-7,10-15,20-21,25-28H,5,8-9,16-19H2,1-3H3,(H,34,41)(H,35,42)(H,36,39)(H,37,40). The maximum absolute atomic E-state index is 13.6. The first-order chi connectivity index (χ1) is 20.1. The van der Waals surface area contributed by atoms with Crippen LogP contribution in [0.3, 0.4) is 0 Å². The average Bonchev–Trinajstić information content (AvgIpc) is 3.42. The van der Waals surface area contributed by atoms with Gasteiger partial charge in [0.1, 0.15) is 12.1 Å². The molecule has 4 amide bonds. The zero-order chi connectivity index (χ0) is 30.2. The summed E-state index contributed by atoms with van der Waals surface area (Å²) in [5, 5.41) is 11.1. The van der Waals surface area contributed by atoms with Gasteiger partial charge in [0.2, 0.25) is 17.6 Å². The smallest absolute Gasteiger partial charge is 0.289 e. The van der Waals surface area contributed by atoms with Crippen LogP contribution in [0.25, 0.3) is 0 Å². The molecule has 2 aliphatic rings. The van der Waals surface area contributed by atoms with Crippen LogP contribution in [0.15, 0.2) is 54.6 Å². The van der Waals surface area contributed by atoms with E-state index in [4.69, 9.17) is 0 Å². The summed E-state index contributed by atoms with van der Waals surface area (Å²) in [7, 11) is 0. The van der Waals surface area contributed by atoms with E-state index in [9.17, 15) is 24.0 Å². The van der Waals surface area contributed by atoms with E-state index < -0.39 is 41.6 Å². The quantitative estimate of drug-likeness (QED) is 0.306. The van der Waals surface area contributed by atoms with Crippen LogP contribution < -0.4 is 21.3 Å². The lowest BCUT2D eigenvalue weighted by atomic mass is 9.94. The van der Waals surface area contributed by atoms with Crippen LogP contribution in [0.5, 0.6) is 0 Å². The Morgan fingerprint density at radius 2 is 1.31 bits per heavy atom. The molecule has 0 saturated heterocycles. The Balaban J connectivity index is 1.41. The number of carbonyl (C=O) groups excluding carboxylic acids is 5. The van der Waals surface area contributed by atoms with Crippen LogP contribution in [0, 0.1) is 11.8 Å². The van der Waals surface area contributed by atoms with Crippen molar-refractivity contribution in [3.05, 3.63) is 71.3 Å². The van der Waals surface area contributed by atoms with E-state index in [0.717, 1.165) is 43.2 Å². The number of nitrogens with one attached hydrogen (secondary N) is 4. The Bertz CT molecular complexity index is 1260. The van der Waals surface area contributed by atoms with Gasteiger partial charge in [-0.3, -0.25) is 24.0 Å². The maximum atomic E-state index is 13.6. The first kappa shape index (κ1) is 30.9. The monoisotopic (exact) mass is 574 g/mol. The van der Waals surface area contributed by atoms with Crippen molar-refractivity contribution in [2.45, 2.75) is 89.9 Å². The summed E-state index contributed by atoms with van der Waals surface area (Å²) in [6.07, 6.45) is 6.07. The van der Waals surface area contributed by atoms with Gasteiger partial charge in [-0.1, -0.05) is 75.6 Å². The molecule has 0 aromatic heterocycles. The molecule has 42 heavy (non-hydrogen) atoms. The van der Waals surface area contributed by atoms with E-state index in [2.05, 4.69) is 21.3 Å². The van der Waals surface area contributed by atoms with Crippen LogP contribution >= 0.6 is 0 Å². The Morgan fingerprint density at radius 3 is 1.90 bits per heavy atom. The number of hydrogen-bond acceptors (Lipinski definition) is 5. The number of carbonyl (C=O) groups is 5. The summed E-state index contributed by atoms with van der Waals surface area (Å²) < 4.78 is 0. The Hall–Kier alpha value is -4.01. The predicted octanol–water partition coefficient (Wildman–Crippen LogP) is 2.86. The molecule has 1 fully saturated rings. The third kappa shape index (κ3) is 7.84. The fraction of sp³-hybridized carbons (Fsp3) is 0.485. The van der Waals surface area contributed by atoms with E-state index in [0.29, 0.717) is 18.4 Å². The van der Waals surface area contributed by atoms with Crippen LogP contribution in [0.2, 0.25) is 0 Å². The van der Waals surface area contributed by atoms with E-state index in [1.54, 1.807) is 38.1 Å². The van der Waals surface area contributed by atoms with E-state index in [1.807, 2.05) is 30.3 Å². The normalized spacial score (nSPS) is 17.4. The molecule has 0 radical (unpaired) electrons. The number of rotatable bonds is 11. The van der Waals surface area contributed by atoms with Gasteiger partial charge in [0, 0.05) is 11.6 Å². The molecule has 0 spiro atoms. The van der Waals surface area contributed by atoms with Crippen molar-refractivity contribution >= 4 is 29.4 Å². The summed E-state index contributed by atoms with van der Waals surface area (Å²) in [6, 6.07) is 13.7. The molecule has 0 bridgehead atoms. The van der Waals surface area contributed by atoms with Crippen molar-refractivity contribution in [3.8, 4) is 0 Å². The molecule has 4 rings (SSSR count). The molecule has 2 aromatic rings. The highest BCUT2D eigenvalue weighted by Crippen LogP contribution is 2.29. The molecule has 0 aliphatic heterocycles. The molecule has 2 aliphatic carbocycles. The van der Waals surface area contributed by atoms with E-state index >= 15 is 0 Å². The van der Waals surface area contributed by atoms with E-state index in [-0.39, 0.29) is 23.8 Å². The lowest BCUT2D eigenvalue weighted by Crippen LogP contribution is -2.58. The Kier molecular flexibility index (Phi) is 10.5. The molecular formula is C33H42N4O5. The highest BCUT2D eigenvalue weighted by Gasteiger charge is 2.37. The van der Waals surface area contributed by atoms with Crippen molar-refractivity contribution in [2.75, 3.05) is 0 Å². The van der Waals surface area contributed by atoms with Gasteiger partial charge in [0.15, 0.2) is 0 Å². The number of benzene rings is 2. The third-order valence-corrected chi connectivity index (χ3v) is 8.32. The van der Waals surface area contributed by atoms with Gasteiger partial charge in [-0.15, -0.1) is 0 Å². The van der Waals surface area contributed by atoms with Crippen LogP contribution in [0.4, 0.5) is 0 Å². The van der Waals surface area contributed by atoms with Crippen molar-refractivity contribution in [1.29, 1.82) is 0 Å². The summed E-state index contributed by atoms with van der Waals surface area (Å²) >= 11 is 0. The second kappa shape index (κ2) is 14.2. The molecule has 3 unspecified atom stereocenters. The largest absolute Gasteiger partial charge is 0.347 e. The first-order valence-electron chi connectivity index (χ1n) is 15.0. The number of fused-ring (bicyclic) bond motifs is 1. The van der Waals surface area contributed by atoms with Gasteiger partial charge in [-0.05, 0) is 67.7 Å². The molecular weight excluding hydrogens is 532 g/mol. The minimum Gasteiger partial charge on any atom is -0.347 e. The number of Topliss-reactive ketones (excluding diaryl/α,β-unsaturated/α-hetero) is 1. The molecule has 2 aromatic carbocycles.